The zero-order valence-electron chi connectivity index (χ0n) is 13.1. The average Bonchev–Trinajstić information content (AvgIpc) is 2.61. The summed E-state index contributed by atoms with van der Waals surface area (Å²) in [6, 6.07) is 12.1. The molecule has 0 radical (unpaired) electrons. The van der Waals surface area contributed by atoms with Crippen LogP contribution < -0.4 is 5.32 Å². The molecule has 0 fully saturated rings. The van der Waals surface area contributed by atoms with E-state index in [0.29, 0.717) is 5.69 Å². The average molecular weight is 331 g/mol. The Morgan fingerprint density at radius 1 is 1.12 bits per heavy atom. The summed E-state index contributed by atoms with van der Waals surface area (Å²) in [7, 11) is 0. The van der Waals surface area contributed by atoms with Crippen LogP contribution >= 0.6 is 0 Å². The van der Waals surface area contributed by atoms with Gasteiger partial charge in [-0.15, -0.1) is 0 Å². The van der Waals surface area contributed by atoms with Gasteiger partial charge in [0.2, 0.25) is 0 Å². The molecule has 0 amide bonds. The number of aliphatic hydroxyl groups excluding tert-OH is 1. The molecular formula is C18H18FNO4. The fourth-order valence-corrected chi connectivity index (χ4v) is 2.15. The van der Waals surface area contributed by atoms with Crippen molar-refractivity contribution >= 4 is 17.4 Å². The molecule has 0 aliphatic carbocycles. The first-order valence-corrected chi connectivity index (χ1v) is 7.49. The number of halogens is 1. The van der Waals surface area contributed by atoms with Crippen LogP contribution in [0.4, 0.5) is 10.1 Å². The maximum Gasteiger partial charge on any atom is 0.331 e. The number of nitrogens with one attached hydrogen (secondary N) is 1. The number of hydrogen-bond acceptors (Lipinski definition) is 5. The van der Waals surface area contributed by atoms with Crippen molar-refractivity contribution in [3.8, 4) is 0 Å². The first-order valence-electron chi connectivity index (χ1n) is 7.49. The number of ether oxygens (including phenoxy) is 1. The van der Waals surface area contributed by atoms with E-state index in [1.807, 2.05) is 0 Å². The van der Waals surface area contributed by atoms with E-state index in [4.69, 9.17) is 4.74 Å². The van der Waals surface area contributed by atoms with Crippen molar-refractivity contribution in [2.24, 2.45) is 0 Å². The lowest BCUT2D eigenvalue weighted by molar-refractivity contribution is -0.145. The van der Waals surface area contributed by atoms with Crippen LogP contribution in [0.1, 0.15) is 17.3 Å². The van der Waals surface area contributed by atoms with Crippen LogP contribution in [-0.4, -0.2) is 35.6 Å². The third kappa shape index (κ3) is 4.39. The van der Waals surface area contributed by atoms with Gasteiger partial charge in [-0.3, -0.25) is 4.79 Å². The van der Waals surface area contributed by atoms with Crippen LogP contribution in [0.25, 0.3) is 0 Å². The molecular weight excluding hydrogens is 313 g/mol. The number of rotatable bonds is 7. The minimum atomic E-state index is -1.64. The Hall–Kier alpha value is -2.73. The molecule has 2 atom stereocenters. The normalized spacial score (nSPS) is 13.0. The van der Waals surface area contributed by atoms with Crippen LogP contribution in [0.3, 0.4) is 0 Å². The number of anilines is 1. The topological polar surface area (TPSA) is 75.6 Å². The highest BCUT2D eigenvalue weighted by Crippen LogP contribution is 2.15. The summed E-state index contributed by atoms with van der Waals surface area (Å²) in [5.74, 6) is -1.81. The van der Waals surface area contributed by atoms with Gasteiger partial charge >= 0.3 is 5.97 Å². The third-order valence-electron chi connectivity index (χ3n) is 3.35. The van der Waals surface area contributed by atoms with Crippen molar-refractivity contribution in [3.05, 3.63) is 66.0 Å². The van der Waals surface area contributed by atoms with Crippen LogP contribution in [0.2, 0.25) is 0 Å². The fourth-order valence-electron chi connectivity index (χ4n) is 2.15. The SMILES string of the molecule is CCOC(=O)[C@H](Nc1ccc(F)cc1)[C@H](O)C(=O)c1ccccc1. The second-order valence-electron chi connectivity index (χ2n) is 5.06. The van der Waals surface area contributed by atoms with E-state index in [-0.39, 0.29) is 12.2 Å². The Balaban J connectivity index is 2.23. The van der Waals surface area contributed by atoms with Crippen molar-refractivity contribution in [1.29, 1.82) is 0 Å². The molecule has 0 aromatic heterocycles. The molecule has 0 unspecified atom stereocenters. The molecule has 5 nitrogen and oxygen atoms in total. The van der Waals surface area contributed by atoms with Gasteiger partial charge in [-0.1, -0.05) is 30.3 Å². The van der Waals surface area contributed by atoms with Gasteiger partial charge in [0.1, 0.15) is 11.9 Å². The van der Waals surface area contributed by atoms with Crippen LogP contribution in [-0.2, 0) is 9.53 Å². The molecule has 24 heavy (non-hydrogen) atoms. The highest BCUT2D eigenvalue weighted by atomic mass is 19.1. The summed E-state index contributed by atoms with van der Waals surface area (Å²) >= 11 is 0. The first kappa shape index (κ1) is 17.6. The molecule has 2 aromatic rings. The highest BCUT2D eigenvalue weighted by molar-refractivity contribution is 6.03. The molecule has 2 rings (SSSR count). The summed E-state index contributed by atoms with van der Waals surface area (Å²) in [4.78, 5) is 24.5. The number of carbonyl (C=O) groups is 2. The van der Waals surface area contributed by atoms with Crippen LogP contribution in [0.5, 0.6) is 0 Å². The van der Waals surface area contributed by atoms with Gasteiger partial charge in [0.15, 0.2) is 11.8 Å². The minimum absolute atomic E-state index is 0.104. The van der Waals surface area contributed by atoms with E-state index < -0.39 is 29.7 Å². The van der Waals surface area contributed by atoms with Crippen LogP contribution in [0, 0.1) is 5.82 Å². The molecule has 2 aromatic carbocycles. The monoisotopic (exact) mass is 331 g/mol. The van der Waals surface area contributed by atoms with Gasteiger partial charge < -0.3 is 15.2 Å². The predicted molar refractivity (Wildman–Crippen MR) is 87.2 cm³/mol. The highest BCUT2D eigenvalue weighted by Gasteiger charge is 2.33. The predicted octanol–water partition coefficient (Wildman–Crippen LogP) is 2.41. The number of hydrogen-bond donors (Lipinski definition) is 2. The largest absolute Gasteiger partial charge is 0.464 e. The van der Waals surface area contributed by atoms with Gasteiger partial charge in [-0.25, -0.2) is 9.18 Å². The van der Waals surface area contributed by atoms with Crippen molar-refractivity contribution in [3.63, 3.8) is 0 Å². The lowest BCUT2D eigenvalue weighted by atomic mass is 10.00. The molecule has 2 N–H and O–H groups in total. The quantitative estimate of drug-likeness (QED) is 0.602. The van der Waals surface area contributed by atoms with Gasteiger partial charge in [0, 0.05) is 11.3 Å². The van der Waals surface area contributed by atoms with Gasteiger partial charge in [-0.05, 0) is 31.2 Å². The number of carbonyl (C=O) groups excluding carboxylic acids is 2. The standard InChI is InChI=1S/C18H18FNO4/c1-2-24-18(23)15(20-14-10-8-13(19)9-11-14)17(22)16(21)12-6-4-3-5-7-12/h3-11,15,17,20,22H,2H2,1H3/t15-,17+/m1/s1. The van der Waals surface area contributed by atoms with Crippen molar-refractivity contribution in [1.82, 2.24) is 0 Å². The summed E-state index contributed by atoms with van der Waals surface area (Å²) in [5, 5.41) is 13.1. The maximum atomic E-state index is 13.0. The second-order valence-corrected chi connectivity index (χ2v) is 5.06. The number of esters is 1. The molecule has 6 heteroatoms. The lowest BCUT2D eigenvalue weighted by Crippen LogP contribution is -2.46. The van der Waals surface area contributed by atoms with E-state index >= 15 is 0 Å². The smallest absolute Gasteiger partial charge is 0.331 e. The summed E-state index contributed by atoms with van der Waals surface area (Å²) < 4.78 is 17.9. The number of benzene rings is 2. The Kier molecular flexibility index (Phi) is 6.03. The van der Waals surface area contributed by atoms with E-state index in [9.17, 15) is 19.1 Å². The minimum Gasteiger partial charge on any atom is -0.464 e. The Labute approximate surface area is 139 Å². The Bertz CT molecular complexity index is 688. The molecule has 0 saturated carbocycles. The van der Waals surface area contributed by atoms with E-state index in [1.54, 1.807) is 37.3 Å². The van der Waals surface area contributed by atoms with Crippen molar-refractivity contribution in [2.75, 3.05) is 11.9 Å². The van der Waals surface area contributed by atoms with Crippen LogP contribution in [0.15, 0.2) is 54.6 Å². The zero-order valence-corrected chi connectivity index (χ0v) is 13.1. The van der Waals surface area contributed by atoms with Gasteiger partial charge in [-0.2, -0.15) is 0 Å². The molecule has 0 aliphatic rings. The second kappa shape index (κ2) is 8.21. The summed E-state index contributed by atoms with van der Waals surface area (Å²) in [6.45, 7) is 1.73. The Morgan fingerprint density at radius 3 is 2.33 bits per heavy atom. The van der Waals surface area contributed by atoms with E-state index in [2.05, 4.69) is 5.32 Å². The third-order valence-corrected chi connectivity index (χ3v) is 3.35. The maximum absolute atomic E-state index is 13.0. The van der Waals surface area contributed by atoms with Crippen molar-refractivity contribution in [2.45, 2.75) is 19.1 Å². The lowest BCUT2D eigenvalue weighted by Gasteiger charge is -2.22. The molecule has 0 spiro atoms. The van der Waals surface area contributed by atoms with Gasteiger partial charge in [0.05, 0.1) is 6.61 Å². The van der Waals surface area contributed by atoms with Crippen molar-refractivity contribution < 1.29 is 23.8 Å². The molecule has 126 valence electrons. The number of Topliss-reactive ketones (excluding diaryl/α,β-unsaturated/α-hetero) is 1. The summed E-state index contributed by atoms with van der Waals surface area (Å²) in [6.07, 6.45) is -1.64. The molecule has 0 heterocycles. The first-order chi connectivity index (χ1) is 11.5. The number of aliphatic hydroxyl groups is 1. The summed E-state index contributed by atoms with van der Waals surface area (Å²) in [5.41, 5.74) is 0.662. The molecule has 0 saturated heterocycles. The Morgan fingerprint density at radius 2 is 1.75 bits per heavy atom. The van der Waals surface area contributed by atoms with Gasteiger partial charge in [0.25, 0.3) is 0 Å². The number of ketones is 1. The van der Waals surface area contributed by atoms with E-state index in [1.165, 1.54) is 24.3 Å². The fraction of sp³-hybridized carbons (Fsp3) is 0.222. The zero-order chi connectivity index (χ0) is 17.5. The van der Waals surface area contributed by atoms with E-state index in [0.717, 1.165) is 0 Å². The molecule has 0 bridgehead atoms. The molecule has 0 aliphatic heterocycles.